The van der Waals surface area contributed by atoms with Crippen molar-refractivity contribution in [2.24, 2.45) is 5.84 Å². The molecule has 0 saturated carbocycles. The van der Waals surface area contributed by atoms with Crippen molar-refractivity contribution in [2.75, 3.05) is 11.1 Å². The van der Waals surface area contributed by atoms with Crippen LogP contribution in [0.1, 0.15) is 10.4 Å². The number of amides is 1. The Morgan fingerprint density at radius 2 is 1.50 bits per heavy atom. The summed E-state index contributed by atoms with van der Waals surface area (Å²) in [5.41, 5.74) is 12.9. The Morgan fingerprint density at radius 1 is 0.833 bits per heavy atom. The minimum Gasteiger partial charge on any atom is -0.397 e. The van der Waals surface area contributed by atoms with Crippen molar-refractivity contribution in [3.05, 3.63) is 78.4 Å². The predicted molar refractivity (Wildman–Crippen MR) is 97.7 cm³/mol. The Morgan fingerprint density at radius 3 is 2.12 bits per heavy atom. The molecule has 24 heavy (non-hydrogen) atoms. The van der Waals surface area contributed by atoms with Gasteiger partial charge in [0.05, 0.1) is 11.4 Å². The van der Waals surface area contributed by atoms with Gasteiger partial charge in [0.15, 0.2) is 0 Å². The molecule has 0 saturated heterocycles. The summed E-state index contributed by atoms with van der Waals surface area (Å²) in [5, 5.41) is 3.25. The van der Waals surface area contributed by atoms with E-state index in [1.54, 1.807) is 18.2 Å². The lowest BCUT2D eigenvalue weighted by Gasteiger charge is -2.11. The molecule has 1 amide bonds. The molecule has 0 aromatic heterocycles. The van der Waals surface area contributed by atoms with E-state index in [0.29, 0.717) is 11.3 Å². The molecule has 0 aliphatic heterocycles. The van der Waals surface area contributed by atoms with E-state index in [0.717, 1.165) is 16.9 Å². The molecule has 0 atom stereocenters. The summed E-state index contributed by atoms with van der Waals surface area (Å²) in [6, 6.07) is 23.2. The average Bonchev–Trinajstić information content (AvgIpc) is 2.64. The first-order chi connectivity index (χ1) is 11.7. The average molecular weight is 318 g/mol. The zero-order valence-electron chi connectivity index (χ0n) is 13.0. The van der Waals surface area contributed by atoms with Gasteiger partial charge in [-0.05, 0) is 41.5 Å². The van der Waals surface area contributed by atoms with Crippen molar-refractivity contribution in [2.45, 2.75) is 0 Å². The molecule has 0 aliphatic carbocycles. The van der Waals surface area contributed by atoms with Crippen molar-refractivity contribution in [1.82, 2.24) is 5.43 Å². The van der Waals surface area contributed by atoms with Gasteiger partial charge in [-0.2, -0.15) is 0 Å². The number of hydrazine groups is 1. The van der Waals surface area contributed by atoms with Crippen LogP contribution in [0.4, 0.5) is 17.1 Å². The summed E-state index contributed by atoms with van der Waals surface area (Å²) in [6.45, 7) is 0. The monoisotopic (exact) mass is 318 g/mol. The second kappa shape index (κ2) is 6.85. The number of anilines is 3. The van der Waals surface area contributed by atoms with Crippen molar-refractivity contribution in [3.63, 3.8) is 0 Å². The van der Waals surface area contributed by atoms with E-state index in [1.807, 2.05) is 42.5 Å². The molecule has 3 aromatic carbocycles. The van der Waals surface area contributed by atoms with E-state index in [4.69, 9.17) is 11.6 Å². The third kappa shape index (κ3) is 3.37. The van der Waals surface area contributed by atoms with Crippen molar-refractivity contribution in [1.29, 1.82) is 0 Å². The fourth-order valence-corrected chi connectivity index (χ4v) is 2.43. The topological polar surface area (TPSA) is 93.2 Å². The number of nitrogen functional groups attached to an aromatic ring is 2. The van der Waals surface area contributed by atoms with Crippen LogP contribution in [-0.4, -0.2) is 5.91 Å². The Labute approximate surface area is 140 Å². The second-order valence-corrected chi connectivity index (χ2v) is 5.34. The molecule has 0 spiro atoms. The van der Waals surface area contributed by atoms with Gasteiger partial charge in [0.25, 0.3) is 5.91 Å². The van der Waals surface area contributed by atoms with Crippen LogP contribution in [0.2, 0.25) is 0 Å². The van der Waals surface area contributed by atoms with E-state index in [1.165, 1.54) is 5.56 Å². The maximum Gasteiger partial charge on any atom is 0.265 e. The van der Waals surface area contributed by atoms with Crippen LogP contribution in [0.3, 0.4) is 0 Å². The molecule has 0 fully saturated rings. The number of hydrogen-bond donors (Lipinski definition) is 4. The van der Waals surface area contributed by atoms with Gasteiger partial charge >= 0.3 is 0 Å². The minimum absolute atomic E-state index is 0.375. The highest BCUT2D eigenvalue weighted by molar-refractivity contribution is 5.96. The predicted octanol–water partition coefficient (Wildman–Crippen LogP) is 3.28. The molecule has 3 rings (SSSR count). The van der Waals surface area contributed by atoms with Crippen LogP contribution in [0.25, 0.3) is 11.1 Å². The van der Waals surface area contributed by atoms with Crippen LogP contribution in [0.15, 0.2) is 72.8 Å². The number of nitrogens with two attached hydrogens (primary N) is 2. The maximum absolute atomic E-state index is 11.5. The minimum atomic E-state index is -0.375. The highest BCUT2D eigenvalue weighted by Gasteiger charge is 2.07. The van der Waals surface area contributed by atoms with Crippen molar-refractivity contribution in [3.8, 4) is 11.1 Å². The van der Waals surface area contributed by atoms with Gasteiger partial charge in [0.2, 0.25) is 0 Å². The molecular formula is C19H18N4O. The zero-order chi connectivity index (χ0) is 16.9. The zero-order valence-corrected chi connectivity index (χ0v) is 13.0. The summed E-state index contributed by atoms with van der Waals surface area (Å²) in [6.07, 6.45) is 0. The van der Waals surface area contributed by atoms with E-state index >= 15 is 0 Å². The molecule has 0 aliphatic rings. The van der Waals surface area contributed by atoms with Gasteiger partial charge < -0.3 is 11.1 Å². The van der Waals surface area contributed by atoms with Gasteiger partial charge in [0, 0.05) is 11.3 Å². The molecule has 3 aromatic rings. The summed E-state index contributed by atoms with van der Waals surface area (Å²) < 4.78 is 0. The molecule has 0 unspecified atom stereocenters. The number of nitrogens with one attached hydrogen (secondary N) is 2. The lowest BCUT2D eigenvalue weighted by atomic mass is 10.1. The number of carbonyl (C=O) groups is 1. The third-order valence-electron chi connectivity index (χ3n) is 3.72. The summed E-state index contributed by atoms with van der Waals surface area (Å²) in [5.74, 6) is 4.75. The maximum atomic E-state index is 11.5. The number of rotatable bonds is 4. The first-order valence-electron chi connectivity index (χ1n) is 7.50. The number of hydrogen-bond acceptors (Lipinski definition) is 4. The van der Waals surface area contributed by atoms with Gasteiger partial charge in [-0.25, -0.2) is 5.84 Å². The standard InChI is InChI=1S/C19H18N4O/c20-17-12-15(19(24)23-21)8-11-18(17)22-16-9-6-14(7-10-16)13-4-2-1-3-5-13/h1-12,22H,20-21H2,(H,23,24). The summed E-state index contributed by atoms with van der Waals surface area (Å²) >= 11 is 0. The first kappa shape index (κ1) is 15.6. The molecule has 0 heterocycles. The molecular weight excluding hydrogens is 300 g/mol. The van der Waals surface area contributed by atoms with Crippen molar-refractivity contribution < 1.29 is 4.79 Å². The van der Waals surface area contributed by atoms with E-state index in [2.05, 4.69) is 22.9 Å². The Hall–Kier alpha value is -3.31. The third-order valence-corrected chi connectivity index (χ3v) is 3.72. The van der Waals surface area contributed by atoms with Gasteiger partial charge in [0.1, 0.15) is 0 Å². The van der Waals surface area contributed by atoms with Crippen LogP contribution in [-0.2, 0) is 0 Å². The Balaban J connectivity index is 1.78. The largest absolute Gasteiger partial charge is 0.397 e. The highest BCUT2D eigenvalue weighted by atomic mass is 16.2. The summed E-state index contributed by atoms with van der Waals surface area (Å²) in [4.78, 5) is 11.5. The molecule has 5 heteroatoms. The van der Waals surface area contributed by atoms with Gasteiger partial charge in [-0.1, -0.05) is 42.5 Å². The van der Waals surface area contributed by atoms with E-state index < -0.39 is 0 Å². The van der Waals surface area contributed by atoms with Crippen LogP contribution >= 0.6 is 0 Å². The Kier molecular flexibility index (Phi) is 4.45. The molecule has 120 valence electrons. The fraction of sp³-hybridized carbons (Fsp3) is 0. The fourth-order valence-electron chi connectivity index (χ4n) is 2.43. The smallest absolute Gasteiger partial charge is 0.265 e. The quantitative estimate of drug-likeness (QED) is 0.257. The molecule has 5 nitrogen and oxygen atoms in total. The number of benzene rings is 3. The molecule has 0 radical (unpaired) electrons. The number of carbonyl (C=O) groups excluding carboxylic acids is 1. The lowest BCUT2D eigenvalue weighted by Crippen LogP contribution is -2.30. The normalized spacial score (nSPS) is 10.2. The highest BCUT2D eigenvalue weighted by Crippen LogP contribution is 2.26. The van der Waals surface area contributed by atoms with Crippen LogP contribution < -0.4 is 22.3 Å². The Bertz CT molecular complexity index is 845. The van der Waals surface area contributed by atoms with Crippen molar-refractivity contribution >= 4 is 23.0 Å². The van der Waals surface area contributed by atoms with Gasteiger partial charge in [-0.15, -0.1) is 0 Å². The van der Waals surface area contributed by atoms with Crippen LogP contribution in [0, 0.1) is 0 Å². The lowest BCUT2D eigenvalue weighted by molar-refractivity contribution is 0.0953. The molecule has 0 bridgehead atoms. The molecule has 6 N–H and O–H groups in total. The SMILES string of the molecule is NNC(=O)c1ccc(Nc2ccc(-c3ccccc3)cc2)c(N)c1. The van der Waals surface area contributed by atoms with Gasteiger partial charge in [-0.3, -0.25) is 10.2 Å². The van der Waals surface area contributed by atoms with E-state index in [-0.39, 0.29) is 5.91 Å². The first-order valence-corrected chi connectivity index (χ1v) is 7.50. The van der Waals surface area contributed by atoms with Crippen LogP contribution in [0.5, 0.6) is 0 Å². The second-order valence-electron chi connectivity index (χ2n) is 5.34. The van der Waals surface area contributed by atoms with E-state index in [9.17, 15) is 4.79 Å². The summed E-state index contributed by atoms with van der Waals surface area (Å²) in [7, 11) is 0.